The first-order chi connectivity index (χ1) is 8.84. The molecule has 0 bridgehead atoms. The van der Waals surface area contributed by atoms with E-state index in [0.29, 0.717) is 6.04 Å². The Labute approximate surface area is 108 Å². The van der Waals surface area contributed by atoms with Gasteiger partial charge in [-0.25, -0.2) is 0 Å². The molecule has 2 heterocycles. The fourth-order valence-corrected chi connectivity index (χ4v) is 2.62. The molecule has 3 rings (SSSR count). The molecule has 18 heavy (non-hydrogen) atoms. The average molecular weight is 241 g/mol. The van der Waals surface area contributed by atoms with Crippen molar-refractivity contribution in [2.75, 3.05) is 26.2 Å². The topological polar surface area (TPSA) is 28.2 Å². The zero-order valence-electron chi connectivity index (χ0n) is 10.8. The van der Waals surface area contributed by atoms with Crippen molar-refractivity contribution in [2.45, 2.75) is 13.0 Å². The lowest BCUT2D eigenvalue weighted by molar-refractivity contribution is 0.185. The summed E-state index contributed by atoms with van der Waals surface area (Å²) in [5.41, 5.74) is 2.46. The third kappa shape index (κ3) is 2.24. The van der Waals surface area contributed by atoms with Crippen LogP contribution in [0.3, 0.4) is 0 Å². The highest BCUT2D eigenvalue weighted by Gasteiger charge is 2.17. The number of benzene rings is 1. The number of piperazine rings is 1. The quantitative estimate of drug-likeness (QED) is 0.873. The molecule has 94 valence electrons. The predicted molar refractivity (Wildman–Crippen MR) is 74.6 cm³/mol. The molecule has 1 aliphatic heterocycles. The van der Waals surface area contributed by atoms with Gasteiger partial charge in [-0.15, -0.1) is 0 Å². The smallest absolute Gasteiger partial charge is 0.0705 e. The highest BCUT2D eigenvalue weighted by Crippen LogP contribution is 2.23. The van der Waals surface area contributed by atoms with Gasteiger partial charge in [0.25, 0.3) is 0 Å². The number of nitrogens with zero attached hydrogens (tertiary/aromatic N) is 2. The molecule has 1 aliphatic rings. The third-order valence-electron chi connectivity index (χ3n) is 3.81. The van der Waals surface area contributed by atoms with E-state index in [9.17, 15) is 0 Å². The number of pyridine rings is 1. The van der Waals surface area contributed by atoms with Gasteiger partial charge in [0.05, 0.1) is 5.52 Å². The van der Waals surface area contributed by atoms with E-state index >= 15 is 0 Å². The number of nitrogens with one attached hydrogen (secondary N) is 1. The molecule has 0 radical (unpaired) electrons. The largest absolute Gasteiger partial charge is 0.314 e. The second-order valence-electron chi connectivity index (χ2n) is 4.92. The molecule has 3 nitrogen and oxygen atoms in total. The number of fused-ring (bicyclic) bond motifs is 1. The maximum atomic E-state index is 4.44. The second kappa shape index (κ2) is 5.04. The van der Waals surface area contributed by atoms with Gasteiger partial charge in [0, 0.05) is 43.8 Å². The van der Waals surface area contributed by atoms with Gasteiger partial charge >= 0.3 is 0 Å². The van der Waals surface area contributed by atoms with Gasteiger partial charge in [-0.1, -0.05) is 18.2 Å². The number of hydrogen-bond donors (Lipinski definition) is 1. The summed E-state index contributed by atoms with van der Waals surface area (Å²) in [7, 11) is 0. The second-order valence-corrected chi connectivity index (χ2v) is 4.92. The van der Waals surface area contributed by atoms with E-state index < -0.39 is 0 Å². The zero-order chi connectivity index (χ0) is 12.4. The highest BCUT2D eigenvalue weighted by atomic mass is 15.2. The fraction of sp³-hybridized carbons (Fsp3) is 0.400. The SMILES string of the molecule is C[C@H](c1ccc2cccnc2c1)N1CCNCC1. The molecule has 1 saturated heterocycles. The van der Waals surface area contributed by atoms with E-state index in [1.54, 1.807) is 0 Å². The minimum atomic E-state index is 0.471. The van der Waals surface area contributed by atoms with E-state index in [0.717, 1.165) is 31.7 Å². The van der Waals surface area contributed by atoms with Crippen LogP contribution in [0.15, 0.2) is 36.5 Å². The molecule has 0 unspecified atom stereocenters. The van der Waals surface area contributed by atoms with E-state index in [4.69, 9.17) is 0 Å². The summed E-state index contributed by atoms with van der Waals surface area (Å²) < 4.78 is 0. The van der Waals surface area contributed by atoms with Crippen molar-refractivity contribution < 1.29 is 0 Å². The van der Waals surface area contributed by atoms with Crippen molar-refractivity contribution in [3.63, 3.8) is 0 Å². The molecule has 1 fully saturated rings. The molecule has 2 aromatic rings. The van der Waals surface area contributed by atoms with Crippen LogP contribution < -0.4 is 5.32 Å². The van der Waals surface area contributed by atoms with Gasteiger partial charge in [-0.05, 0) is 24.6 Å². The van der Waals surface area contributed by atoms with Gasteiger partial charge in [-0.2, -0.15) is 0 Å². The molecular formula is C15H19N3. The van der Waals surface area contributed by atoms with E-state index in [2.05, 4.69) is 46.4 Å². The van der Waals surface area contributed by atoms with Crippen LogP contribution in [0.5, 0.6) is 0 Å². The Morgan fingerprint density at radius 3 is 2.89 bits per heavy atom. The van der Waals surface area contributed by atoms with Crippen LogP contribution >= 0.6 is 0 Å². The summed E-state index contributed by atoms with van der Waals surface area (Å²) in [6.07, 6.45) is 1.86. The zero-order valence-corrected chi connectivity index (χ0v) is 10.8. The Morgan fingerprint density at radius 1 is 1.22 bits per heavy atom. The van der Waals surface area contributed by atoms with Crippen molar-refractivity contribution >= 4 is 10.9 Å². The molecule has 3 heteroatoms. The van der Waals surface area contributed by atoms with Crippen molar-refractivity contribution in [2.24, 2.45) is 0 Å². The summed E-state index contributed by atoms with van der Waals surface area (Å²) >= 11 is 0. The molecular weight excluding hydrogens is 222 g/mol. The van der Waals surface area contributed by atoms with Crippen LogP contribution in [0.4, 0.5) is 0 Å². The molecule has 1 aromatic carbocycles. The first kappa shape index (κ1) is 11.6. The van der Waals surface area contributed by atoms with Crippen molar-refractivity contribution in [1.82, 2.24) is 15.2 Å². The van der Waals surface area contributed by atoms with Crippen LogP contribution in [-0.2, 0) is 0 Å². The Bertz CT molecular complexity index is 532. The van der Waals surface area contributed by atoms with E-state index in [-0.39, 0.29) is 0 Å². The van der Waals surface area contributed by atoms with Crippen LogP contribution in [0.1, 0.15) is 18.5 Å². The van der Waals surface area contributed by atoms with E-state index in [1.807, 2.05) is 12.3 Å². The highest BCUT2D eigenvalue weighted by molar-refractivity contribution is 5.78. The van der Waals surface area contributed by atoms with Crippen molar-refractivity contribution in [3.8, 4) is 0 Å². The fourth-order valence-electron chi connectivity index (χ4n) is 2.62. The maximum Gasteiger partial charge on any atom is 0.0705 e. The Balaban J connectivity index is 1.88. The van der Waals surface area contributed by atoms with Crippen molar-refractivity contribution in [3.05, 3.63) is 42.1 Å². The molecule has 0 aliphatic carbocycles. The van der Waals surface area contributed by atoms with E-state index in [1.165, 1.54) is 10.9 Å². The van der Waals surface area contributed by atoms with Gasteiger partial charge in [0.15, 0.2) is 0 Å². The van der Waals surface area contributed by atoms with Gasteiger partial charge in [0.1, 0.15) is 0 Å². The number of aromatic nitrogens is 1. The van der Waals surface area contributed by atoms with Crippen LogP contribution in [0.25, 0.3) is 10.9 Å². The van der Waals surface area contributed by atoms with Crippen LogP contribution in [-0.4, -0.2) is 36.1 Å². The lowest BCUT2D eigenvalue weighted by atomic mass is 10.0. The van der Waals surface area contributed by atoms with Crippen LogP contribution in [0, 0.1) is 0 Å². The lowest BCUT2D eigenvalue weighted by Gasteiger charge is -2.33. The predicted octanol–water partition coefficient (Wildman–Crippen LogP) is 2.20. The summed E-state index contributed by atoms with van der Waals surface area (Å²) in [6.45, 7) is 6.73. The third-order valence-corrected chi connectivity index (χ3v) is 3.81. The van der Waals surface area contributed by atoms with Gasteiger partial charge in [-0.3, -0.25) is 9.88 Å². The Hall–Kier alpha value is -1.45. The number of hydrogen-bond acceptors (Lipinski definition) is 3. The monoisotopic (exact) mass is 241 g/mol. The minimum Gasteiger partial charge on any atom is -0.314 e. The molecule has 1 atom stereocenters. The maximum absolute atomic E-state index is 4.44. The summed E-state index contributed by atoms with van der Waals surface area (Å²) in [6, 6.07) is 11.2. The lowest BCUT2D eigenvalue weighted by Crippen LogP contribution is -2.44. The molecule has 0 saturated carbocycles. The molecule has 1 N–H and O–H groups in total. The average Bonchev–Trinajstić information content (AvgIpc) is 2.47. The van der Waals surface area contributed by atoms with Gasteiger partial charge in [0.2, 0.25) is 0 Å². The van der Waals surface area contributed by atoms with Crippen LogP contribution in [0.2, 0.25) is 0 Å². The Morgan fingerprint density at radius 2 is 2.06 bits per heavy atom. The standard InChI is InChI=1S/C15H19N3/c1-12(18-9-7-16-8-10-18)14-5-4-13-3-2-6-17-15(13)11-14/h2-6,11-12,16H,7-10H2,1H3/t12-/m1/s1. The summed E-state index contributed by atoms with van der Waals surface area (Å²) in [5.74, 6) is 0. The normalized spacial score (nSPS) is 18.9. The summed E-state index contributed by atoms with van der Waals surface area (Å²) in [4.78, 5) is 6.97. The first-order valence-corrected chi connectivity index (χ1v) is 6.64. The van der Waals surface area contributed by atoms with Gasteiger partial charge < -0.3 is 5.32 Å². The molecule has 0 spiro atoms. The Kier molecular flexibility index (Phi) is 3.26. The first-order valence-electron chi connectivity index (χ1n) is 6.64. The molecule has 0 amide bonds. The minimum absolute atomic E-state index is 0.471. The van der Waals surface area contributed by atoms with Crippen molar-refractivity contribution in [1.29, 1.82) is 0 Å². The molecule has 1 aromatic heterocycles. The summed E-state index contributed by atoms with van der Waals surface area (Å²) in [5, 5.41) is 4.61. The number of rotatable bonds is 2.